The van der Waals surface area contributed by atoms with Crippen LogP contribution in [0.25, 0.3) is 0 Å². The summed E-state index contributed by atoms with van der Waals surface area (Å²) in [7, 11) is 0. The van der Waals surface area contributed by atoms with Crippen molar-refractivity contribution < 1.29 is 19.1 Å². The molecule has 2 aliphatic heterocycles. The van der Waals surface area contributed by atoms with Gasteiger partial charge in [-0.15, -0.1) is 0 Å². The maximum atomic E-state index is 12.9. The van der Waals surface area contributed by atoms with E-state index in [9.17, 15) is 9.59 Å². The first-order chi connectivity index (χ1) is 14.6. The average Bonchev–Trinajstić information content (AvgIpc) is 2.81. The van der Waals surface area contributed by atoms with E-state index in [0.29, 0.717) is 0 Å². The van der Waals surface area contributed by atoms with E-state index in [1.807, 2.05) is 60.7 Å². The van der Waals surface area contributed by atoms with Crippen molar-refractivity contribution >= 4 is 59.0 Å². The zero-order valence-electron chi connectivity index (χ0n) is 16.3. The van der Waals surface area contributed by atoms with Crippen molar-refractivity contribution in [3.63, 3.8) is 0 Å². The normalized spacial score (nSPS) is 20.1. The fourth-order valence-corrected chi connectivity index (χ4v) is 9.22. The first-order valence-electron chi connectivity index (χ1n) is 9.77. The summed E-state index contributed by atoms with van der Waals surface area (Å²) in [4.78, 5) is 25.8. The van der Waals surface area contributed by atoms with Crippen LogP contribution in [0, 0.1) is 0 Å². The molecule has 0 saturated carbocycles. The van der Waals surface area contributed by atoms with E-state index in [-0.39, 0.29) is 0 Å². The molecule has 0 bridgehead atoms. The fraction of sp³-hybridized carbons (Fsp3) is 0.364. The molecular weight excluding hydrogens is 457 g/mol. The van der Waals surface area contributed by atoms with Crippen LogP contribution in [0.5, 0.6) is 0 Å². The lowest BCUT2D eigenvalue weighted by Gasteiger charge is -2.37. The summed E-state index contributed by atoms with van der Waals surface area (Å²) < 4.78 is 9.86. The Balaban J connectivity index is 1.54. The van der Waals surface area contributed by atoms with Crippen molar-refractivity contribution in [1.29, 1.82) is 0 Å². The maximum Gasteiger partial charge on any atom is 0.419 e. The Morgan fingerprint density at radius 2 is 0.933 bits per heavy atom. The number of carbonyl (C=O) groups excluding carboxylic acids is 2. The van der Waals surface area contributed by atoms with Gasteiger partial charge in [-0.05, 0) is 35.9 Å². The third kappa shape index (κ3) is 4.82. The van der Waals surface area contributed by atoms with Gasteiger partial charge in [0.05, 0.1) is 0 Å². The summed E-state index contributed by atoms with van der Waals surface area (Å²) in [6.45, 7) is 0. The standard InChI is InChI=1S/C22H22O4S4/c23-19(25-21(27-13-7-14-28-21)17-9-3-1-4-10-17)20(24)26-22(29-15-8-16-30-22)18-11-5-2-6-12-18/h1-6,9-12H,7-8,13-16H2. The SMILES string of the molecule is O=C(OC1(c2ccccc2)SCCCS1)C(=O)OC1(c2ccccc2)SCCCS1. The molecule has 4 nitrogen and oxygen atoms in total. The maximum absolute atomic E-state index is 12.9. The van der Waals surface area contributed by atoms with Crippen LogP contribution in [0.4, 0.5) is 0 Å². The Hall–Kier alpha value is -1.22. The van der Waals surface area contributed by atoms with Crippen LogP contribution in [-0.4, -0.2) is 35.0 Å². The summed E-state index contributed by atoms with van der Waals surface area (Å²) in [6.07, 6.45) is 2.08. The Labute approximate surface area is 193 Å². The van der Waals surface area contributed by atoms with Gasteiger partial charge < -0.3 is 9.47 Å². The molecule has 2 saturated heterocycles. The van der Waals surface area contributed by atoms with E-state index >= 15 is 0 Å². The number of esters is 2. The van der Waals surface area contributed by atoms with Gasteiger partial charge in [0.1, 0.15) is 0 Å². The number of ether oxygens (including phenoxy) is 2. The third-order valence-electron chi connectivity index (χ3n) is 4.62. The van der Waals surface area contributed by atoms with Crippen LogP contribution in [0.15, 0.2) is 60.7 Å². The van der Waals surface area contributed by atoms with Gasteiger partial charge in [0.15, 0.2) is 0 Å². The molecule has 2 aliphatic rings. The monoisotopic (exact) mass is 478 g/mol. The van der Waals surface area contributed by atoms with Crippen LogP contribution < -0.4 is 0 Å². The Morgan fingerprint density at radius 1 is 0.600 bits per heavy atom. The van der Waals surface area contributed by atoms with E-state index in [1.165, 1.54) is 0 Å². The van der Waals surface area contributed by atoms with Crippen LogP contribution in [0.3, 0.4) is 0 Å². The summed E-state index contributed by atoms with van der Waals surface area (Å²) in [5, 5.41) is 0. The minimum atomic E-state index is -0.942. The molecule has 2 heterocycles. The highest BCUT2D eigenvalue weighted by Crippen LogP contribution is 2.53. The van der Waals surface area contributed by atoms with Crippen molar-refractivity contribution in [3.8, 4) is 0 Å². The third-order valence-corrected chi connectivity index (χ3v) is 10.8. The first-order valence-corrected chi connectivity index (χ1v) is 13.7. The van der Waals surface area contributed by atoms with E-state index in [1.54, 1.807) is 47.0 Å². The molecule has 2 aromatic rings. The second-order valence-corrected chi connectivity index (χ2v) is 12.3. The number of hydrogen-bond acceptors (Lipinski definition) is 8. The molecule has 4 rings (SSSR count). The molecule has 0 aromatic heterocycles. The molecule has 0 aliphatic carbocycles. The van der Waals surface area contributed by atoms with Crippen LogP contribution in [0.1, 0.15) is 24.0 Å². The summed E-state index contributed by atoms with van der Waals surface area (Å²) in [6, 6.07) is 19.2. The molecule has 0 radical (unpaired) electrons. The topological polar surface area (TPSA) is 52.6 Å². The van der Waals surface area contributed by atoms with Gasteiger partial charge in [0.2, 0.25) is 8.53 Å². The minimum Gasteiger partial charge on any atom is -0.425 e. The largest absolute Gasteiger partial charge is 0.425 e. The molecule has 0 N–H and O–H groups in total. The summed E-state index contributed by atoms with van der Waals surface area (Å²) >= 11 is 6.21. The summed E-state index contributed by atoms with van der Waals surface area (Å²) in [5.41, 5.74) is 1.75. The lowest BCUT2D eigenvalue weighted by Crippen LogP contribution is -2.37. The predicted molar refractivity (Wildman–Crippen MR) is 127 cm³/mol. The fourth-order valence-electron chi connectivity index (χ4n) is 3.21. The number of benzene rings is 2. The second kappa shape index (κ2) is 9.94. The zero-order valence-corrected chi connectivity index (χ0v) is 19.5. The number of carbonyl (C=O) groups is 2. The molecule has 0 atom stereocenters. The molecule has 0 unspecified atom stereocenters. The average molecular weight is 479 g/mol. The highest BCUT2D eigenvalue weighted by molar-refractivity contribution is 8.18. The van der Waals surface area contributed by atoms with E-state index in [0.717, 1.165) is 47.0 Å². The molecule has 158 valence electrons. The molecule has 0 spiro atoms. The molecule has 8 heteroatoms. The van der Waals surface area contributed by atoms with Crippen molar-refractivity contribution in [2.75, 3.05) is 23.0 Å². The zero-order chi connectivity index (χ0) is 20.9. The lowest BCUT2D eigenvalue weighted by molar-refractivity contribution is -0.172. The number of thioether (sulfide) groups is 4. The Kier molecular flexibility index (Phi) is 7.28. The highest BCUT2D eigenvalue weighted by Gasteiger charge is 2.45. The first kappa shape index (κ1) is 22.0. The van der Waals surface area contributed by atoms with E-state index in [4.69, 9.17) is 9.47 Å². The van der Waals surface area contributed by atoms with Gasteiger partial charge in [0, 0.05) is 11.1 Å². The summed E-state index contributed by atoms with van der Waals surface area (Å²) in [5.74, 6) is 1.58. The van der Waals surface area contributed by atoms with Gasteiger partial charge in [-0.1, -0.05) is 108 Å². The van der Waals surface area contributed by atoms with Crippen LogP contribution in [-0.2, 0) is 27.6 Å². The number of rotatable bonds is 4. The Bertz CT molecular complexity index is 790. The molecular formula is C22H22O4S4. The van der Waals surface area contributed by atoms with Gasteiger partial charge in [-0.3, -0.25) is 0 Å². The second-order valence-electron chi connectivity index (χ2n) is 6.72. The highest BCUT2D eigenvalue weighted by atomic mass is 32.2. The van der Waals surface area contributed by atoms with Crippen molar-refractivity contribution in [1.82, 2.24) is 0 Å². The van der Waals surface area contributed by atoms with Gasteiger partial charge in [-0.2, -0.15) is 0 Å². The predicted octanol–water partition coefficient (Wildman–Crippen LogP) is 5.43. The smallest absolute Gasteiger partial charge is 0.419 e. The van der Waals surface area contributed by atoms with E-state index < -0.39 is 20.5 Å². The van der Waals surface area contributed by atoms with Crippen molar-refractivity contribution in [2.45, 2.75) is 21.4 Å². The molecule has 0 amide bonds. The van der Waals surface area contributed by atoms with Crippen LogP contribution >= 0.6 is 47.0 Å². The van der Waals surface area contributed by atoms with Gasteiger partial charge >= 0.3 is 11.9 Å². The van der Waals surface area contributed by atoms with E-state index in [2.05, 4.69) is 0 Å². The molecule has 30 heavy (non-hydrogen) atoms. The minimum absolute atomic E-state index is 0.865. The lowest BCUT2D eigenvalue weighted by atomic mass is 10.2. The van der Waals surface area contributed by atoms with Gasteiger partial charge in [-0.25, -0.2) is 9.59 Å². The van der Waals surface area contributed by atoms with Crippen molar-refractivity contribution in [2.24, 2.45) is 0 Å². The van der Waals surface area contributed by atoms with Gasteiger partial charge in [0.25, 0.3) is 0 Å². The number of hydrogen-bond donors (Lipinski definition) is 0. The molecule has 2 fully saturated rings. The molecule has 2 aromatic carbocycles. The van der Waals surface area contributed by atoms with Crippen molar-refractivity contribution in [3.05, 3.63) is 71.8 Å². The van der Waals surface area contributed by atoms with Crippen LogP contribution in [0.2, 0.25) is 0 Å². The Morgan fingerprint density at radius 3 is 1.27 bits per heavy atom. The quantitative estimate of drug-likeness (QED) is 0.426.